The first kappa shape index (κ1) is 26.2. The number of hydrogen-bond donors (Lipinski definition) is 1. The summed E-state index contributed by atoms with van der Waals surface area (Å²) in [6.45, 7) is 9.00. The van der Waals surface area contributed by atoms with Crippen LogP contribution in [0.1, 0.15) is 46.5 Å². The molecule has 5 rings (SSSR count). The van der Waals surface area contributed by atoms with Crippen LogP contribution in [0.15, 0.2) is 66.4 Å². The number of rotatable bonds is 2. The van der Waals surface area contributed by atoms with E-state index in [1.807, 2.05) is 37.3 Å². The Morgan fingerprint density at radius 3 is 2.26 bits per heavy atom. The van der Waals surface area contributed by atoms with Gasteiger partial charge in [0.2, 0.25) is 0 Å². The van der Waals surface area contributed by atoms with Gasteiger partial charge in [-0.05, 0) is 38.0 Å². The minimum absolute atomic E-state index is 0. The molecule has 1 heterocycles. The Bertz CT molecular complexity index is 1480. The fraction of sp³-hybridized carbons (Fsp3) is 0.167. The van der Waals surface area contributed by atoms with Gasteiger partial charge in [-0.1, -0.05) is 55.8 Å². The molecule has 35 heavy (non-hydrogen) atoms. The Morgan fingerprint density at radius 1 is 0.914 bits per heavy atom. The number of aliphatic hydroxyl groups is 1. The summed E-state index contributed by atoms with van der Waals surface area (Å²) < 4.78 is 0. The monoisotopic (exact) mass is 641 g/mol. The van der Waals surface area contributed by atoms with E-state index in [4.69, 9.17) is 10.1 Å². The summed E-state index contributed by atoms with van der Waals surface area (Å²) in [4.78, 5) is 28.3. The molecule has 4 nitrogen and oxygen atoms in total. The van der Waals surface area contributed by atoms with Crippen LogP contribution in [0.3, 0.4) is 0 Å². The number of aliphatic hydroxyl groups excluding tert-OH is 1. The van der Waals surface area contributed by atoms with Gasteiger partial charge in [0.1, 0.15) is 0 Å². The Labute approximate surface area is 219 Å². The van der Waals surface area contributed by atoms with Crippen molar-refractivity contribution in [1.29, 1.82) is 0 Å². The van der Waals surface area contributed by atoms with Crippen molar-refractivity contribution >= 4 is 22.5 Å². The van der Waals surface area contributed by atoms with E-state index in [-0.39, 0.29) is 37.4 Å². The van der Waals surface area contributed by atoms with E-state index in [2.05, 4.69) is 44.2 Å². The van der Waals surface area contributed by atoms with Crippen LogP contribution in [0.2, 0.25) is 0 Å². The van der Waals surface area contributed by atoms with Crippen molar-refractivity contribution < 1.29 is 34.8 Å². The van der Waals surface area contributed by atoms with Crippen molar-refractivity contribution in [2.24, 2.45) is 0 Å². The quantitative estimate of drug-likeness (QED) is 0.130. The van der Waals surface area contributed by atoms with Gasteiger partial charge in [0.05, 0.1) is 11.3 Å². The second-order valence-electron chi connectivity index (χ2n) is 8.76. The Balaban J connectivity index is 0.000000378. The number of ketones is 2. The van der Waals surface area contributed by atoms with Gasteiger partial charge in [0, 0.05) is 48.4 Å². The molecule has 0 unspecified atom stereocenters. The fourth-order valence-corrected chi connectivity index (χ4v) is 4.42. The third-order valence-corrected chi connectivity index (χ3v) is 5.62. The number of carbonyl (C=O) groups is 2. The van der Waals surface area contributed by atoms with E-state index in [9.17, 15) is 9.59 Å². The van der Waals surface area contributed by atoms with E-state index in [1.165, 1.54) is 19.9 Å². The van der Waals surface area contributed by atoms with Crippen molar-refractivity contribution in [3.05, 3.63) is 100 Å². The van der Waals surface area contributed by atoms with Crippen LogP contribution in [0, 0.1) is 26.8 Å². The van der Waals surface area contributed by atoms with Gasteiger partial charge in [-0.25, -0.2) is 0 Å². The molecule has 0 amide bonds. The average Bonchev–Trinajstić information content (AvgIpc) is 3.04. The maximum absolute atomic E-state index is 13.4. The number of aromatic nitrogens is 1. The second kappa shape index (κ2) is 10.5. The van der Waals surface area contributed by atoms with Crippen LogP contribution >= 0.6 is 0 Å². The summed E-state index contributed by atoms with van der Waals surface area (Å²) in [5.41, 5.74) is 9.34. The van der Waals surface area contributed by atoms with E-state index in [0.29, 0.717) is 5.56 Å². The van der Waals surface area contributed by atoms with Gasteiger partial charge in [-0.3, -0.25) is 14.6 Å². The third kappa shape index (κ3) is 5.32. The van der Waals surface area contributed by atoms with Gasteiger partial charge in [-0.2, -0.15) is 0 Å². The second-order valence-corrected chi connectivity index (χ2v) is 8.76. The predicted molar refractivity (Wildman–Crippen MR) is 136 cm³/mol. The van der Waals surface area contributed by atoms with Crippen LogP contribution in [-0.4, -0.2) is 21.7 Å². The first-order valence-electron chi connectivity index (χ1n) is 11.1. The normalized spacial score (nSPS) is 11.8. The molecular weight excluding hydrogens is 615 g/mol. The fourth-order valence-electron chi connectivity index (χ4n) is 4.42. The maximum atomic E-state index is 13.4. The molecule has 0 aliphatic heterocycles. The zero-order valence-electron chi connectivity index (χ0n) is 20.3. The summed E-state index contributed by atoms with van der Waals surface area (Å²) in [6, 6.07) is 21.7. The number of para-hydroxylation sites is 1. The largest absolute Gasteiger partial charge is 0.512 e. The molecule has 0 fully saturated rings. The van der Waals surface area contributed by atoms with Crippen LogP contribution in [0.25, 0.3) is 33.3 Å². The molecule has 5 heteroatoms. The van der Waals surface area contributed by atoms with Gasteiger partial charge in [-0.15, -0.1) is 34.9 Å². The van der Waals surface area contributed by atoms with Crippen LogP contribution < -0.4 is 0 Å². The summed E-state index contributed by atoms with van der Waals surface area (Å²) >= 11 is 0. The molecule has 4 aromatic rings. The number of nitrogens with zero attached hydrogens (tertiary/aromatic N) is 1. The molecule has 1 N–H and O–H groups in total. The number of hydrogen-bond acceptors (Lipinski definition) is 4. The first-order chi connectivity index (χ1) is 16.2. The molecule has 1 radical (unpaired) electrons. The minimum Gasteiger partial charge on any atom is -0.512 e. The van der Waals surface area contributed by atoms with Crippen molar-refractivity contribution in [1.82, 2.24) is 4.98 Å². The van der Waals surface area contributed by atoms with Crippen LogP contribution in [0.5, 0.6) is 0 Å². The number of pyridine rings is 1. The number of fused-ring (bicyclic) bond motifs is 5. The average molecular weight is 641 g/mol. The first-order valence-corrected chi connectivity index (χ1v) is 11.1. The molecule has 0 spiro atoms. The molecule has 179 valence electrons. The predicted octanol–water partition coefficient (Wildman–Crippen LogP) is 6.87. The zero-order valence-corrected chi connectivity index (χ0v) is 22.7. The maximum Gasteiger partial charge on any atom is 0.187 e. The molecule has 0 bridgehead atoms. The minimum atomic E-state index is -0.125. The van der Waals surface area contributed by atoms with Crippen LogP contribution in [0.4, 0.5) is 0 Å². The Hall–Kier alpha value is -3.40. The molecule has 1 aliphatic carbocycles. The molecule has 0 saturated heterocycles. The summed E-state index contributed by atoms with van der Waals surface area (Å²) in [5, 5.41) is 9.39. The van der Waals surface area contributed by atoms with Crippen molar-refractivity contribution in [3.63, 3.8) is 0 Å². The van der Waals surface area contributed by atoms with Crippen molar-refractivity contribution in [2.75, 3.05) is 0 Å². The third-order valence-electron chi connectivity index (χ3n) is 5.62. The summed E-state index contributed by atoms with van der Waals surface area (Å²) in [5.74, 6) is -0.00619. The van der Waals surface area contributed by atoms with E-state index < -0.39 is 0 Å². The van der Waals surface area contributed by atoms with Gasteiger partial charge >= 0.3 is 0 Å². The number of allylic oxidation sites excluding steroid dienone is 2. The summed E-state index contributed by atoms with van der Waals surface area (Å²) in [6.07, 6.45) is 1.17. The smallest absolute Gasteiger partial charge is 0.187 e. The zero-order chi connectivity index (χ0) is 24.6. The molecule has 0 atom stereocenters. The van der Waals surface area contributed by atoms with Gasteiger partial charge in [0.25, 0.3) is 0 Å². The van der Waals surface area contributed by atoms with Crippen molar-refractivity contribution in [2.45, 2.75) is 34.6 Å². The summed E-state index contributed by atoms with van der Waals surface area (Å²) in [7, 11) is 0. The molecular formula is C30H26IrNO3-. The number of aryl methyl sites for hydroxylation is 3. The van der Waals surface area contributed by atoms with Gasteiger partial charge < -0.3 is 5.11 Å². The SMILES string of the molecule is CC(=O)/C=C(/C)O.Cc1[c-]c(-c2nc3ccccc3c3c2C(=O)c2ccc(C)cc2-3)cc(C)c1.[Ir]. The number of carbonyl (C=O) groups excluding carboxylic acids is 2. The number of benzene rings is 3. The van der Waals surface area contributed by atoms with E-state index >= 15 is 0 Å². The topological polar surface area (TPSA) is 67.3 Å². The van der Waals surface area contributed by atoms with Crippen molar-refractivity contribution in [3.8, 4) is 22.4 Å². The molecule has 3 aromatic carbocycles. The van der Waals surface area contributed by atoms with Gasteiger partial charge in [0.15, 0.2) is 11.6 Å². The molecule has 1 aromatic heterocycles. The van der Waals surface area contributed by atoms with E-state index in [1.54, 1.807) is 0 Å². The standard InChI is InChI=1S/C25H18NO.C5H8O2.Ir/c1-14-8-9-18-20(13-14)22-19-6-4-5-7-21(19)26-24(23(22)25(18)27)17-11-15(2)10-16(3)12-17;1-4(6)3-5(2)7;/h4-11,13H,1-3H3;3,6H,1-2H3;/q-1;;/b;4-3-;. The Morgan fingerprint density at radius 2 is 1.63 bits per heavy atom. The van der Waals surface area contributed by atoms with E-state index in [0.717, 1.165) is 55.5 Å². The molecule has 1 aliphatic rings. The Kier molecular flexibility index (Phi) is 7.84. The van der Waals surface area contributed by atoms with Crippen LogP contribution in [-0.2, 0) is 24.9 Å². The molecule has 0 saturated carbocycles.